The van der Waals surface area contributed by atoms with Crippen LogP contribution in [0, 0.1) is 19.5 Å². The number of carbonyl (C=O) groups excluding carboxylic acids is 1. The third-order valence-electron chi connectivity index (χ3n) is 2.58. The van der Waals surface area contributed by atoms with E-state index >= 15 is 0 Å². The first-order valence-electron chi connectivity index (χ1n) is 5.59. The van der Waals surface area contributed by atoms with Crippen molar-refractivity contribution in [3.63, 3.8) is 0 Å². The fourth-order valence-electron chi connectivity index (χ4n) is 1.58. The zero-order valence-corrected chi connectivity index (χ0v) is 14.0. The minimum Gasteiger partial charge on any atom is -0.319 e. The van der Waals surface area contributed by atoms with Gasteiger partial charge in [-0.15, -0.1) is 0 Å². The quantitative estimate of drug-likeness (QED) is 0.417. The molecule has 2 aromatic rings. The average Bonchev–Trinajstić information content (AvgIpc) is 2.43. The van der Waals surface area contributed by atoms with Crippen LogP contribution >= 0.6 is 38.5 Å². The summed E-state index contributed by atoms with van der Waals surface area (Å²) in [5, 5.41) is 13.2. The maximum Gasteiger partial charge on any atom is 0.270 e. The molecule has 0 unspecified atom stereocenters. The summed E-state index contributed by atoms with van der Waals surface area (Å²) in [6.07, 6.45) is 0. The minimum atomic E-state index is -0.611. The molecule has 8 heteroatoms. The molecule has 2 aromatic carbocycles. The molecule has 0 spiro atoms. The summed E-state index contributed by atoms with van der Waals surface area (Å²) < 4.78 is 14.7. The maximum atomic E-state index is 13.6. The molecule has 0 heterocycles. The zero-order valence-electron chi connectivity index (χ0n) is 10.3. The van der Waals surface area contributed by atoms with Gasteiger partial charge in [0.25, 0.3) is 11.6 Å². The molecular weight excluding hydrogens is 458 g/mol. The van der Waals surface area contributed by atoms with Crippen LogP contribution in [0.4, 0.5) is 15.8 Å². The molecule has 0 aromatic heterocycles. The van der Waals surface area contributed by atoms with Gasteiger partial charge in [-0.05, 0) is 46.9 Å². The Hall–Kier alpha value is -1.55. The molecule has 0 fully saturated rings. The monoisotopic (exact) mass is 464 g/mol. The summed E-state index contributed by atoms with van der Waals surface area (Å²) in [6, 6.07) is 8.05. The van der Waals surface area contributed by atoms with E-state index in [9.17, 15) is 19.3 Å². The van der Waals surface area contributed by atoms with Crippen molar-refractivity contribution in [2.24, 2.45) is 0 Å². The number of anilines is 1. The number of halogens is 3. The minimum absolute atomic E-state index is 0.00307. The van der Waals surface area contributed by atoms with Gasteiger partial charge in [0.1, 0.15) is 5.82 Å². The van der Waals surface area contributed by atoms with E-state index in [2.05, 4.69) is 21.2 Å². The van der Waals surface area contributed by atoms with Crippen LogP contribution in [0.25, 0.3) is 0 Å². The van der Waals surface area contributed by atoms with Gasteiger partial charge in [0, 0.05) is 20.2 Å². The number of benzene rings is 2. The maximum absolute atomic E-state index is 13.6. The molecule has 0 aliphatic carbocycles. The number of nitrogens with zero attached hydrogens (tertiary/aromatic N) is 1. The van der Waals surface area contributed by atoms with Gasteiger partial charge in [0.2, 0.25) is 0 Å². The second-order valence-electron chi connectivity index (χ2n) is 4.00. The second-order valence-corrected chi connectivity index (χ2v) is 6.08. The Kier molecular flexibility index (Phi) is 4.88. The van der Waals surface area contributed by atoms with Crippen molar-refractivity contribution in [2.45, 2.75) is 0 Å². The van der Waals surface area contributed by atoms with E-state index in [0.29, 0.717) is 8.04 Å². The number of rotatable bonds is 3. The summed E-state index contributed by atoms with van der Waals surface area (Å²) in [5.74, 6) is -1.20. The van der Waals surface area contributed by atoms with Gasteiger partial charge in [0.05, 0.1) is 16.2 Å². The number of nitrogens with one attached hydrogen (secondary N) is 1. The first kappa shape index (κ1) is 15.8. The van der Waals surface area contributed by atoms with E-state index in [4.69, 9.17) is 0 Å². The van der Waals surface area contributed by atoms with Gasteiger partial charge in [-0.1, -0.05) is 15.9 Å². The summed E-state index contributed by atoms with van der Waals surface area (Å²) >= 11 is 5.07. The molecule has 0 aliphatic heterocycles. The van der Waals surface area contributed by atoms with Crippen LogP contribution in [0.3, 0.4) is 0 Å². The molecule has 5 nitrogen and oxygen atoms in total. The van der Waals surface area contributed by atoms with Gasteiger partial charge in [-0.3, -0.25) is 14.9 Å². The Balaban J connectivity index is 2.34. The normalized spacial score (nSPS) is 10.2. The standard InChI is InChI=1S/C13H7BrFIN2O3/c14-7-1-3-10(15)12(5-7)17-13(19)9-6-8(18(20)21)2-4-11(9)16/h1-6H,(H,17,19). The van der Waals surface area contributed by atoms with E-state index in [1.165, 1.54) is 30.3 Å². The van der Waals surface area contributed by atoms with Crippen molar-refractivity contribution in [3.8, 4) is 0 Å². The number of non-ortho nitro benzene ring substituents is 1. The SMILES string of the molecule is O=C(Nc1cc(Br)ccc1F)c1cc([N+](=O)[O-])ccc1I. The molecule has 21 heavy (non-hydrogen) atoms. The number of hydrogen-bond donors (Lipinski definition) is 1. The highest BCUT2D eigenvalue weighted by atomic mass is 127. The average molecular weight is 465 g/mol. The van der Waals surface area contributed by atoms with Crippen molar-refractivity contribution in [1.82, 2.24) is 0 Å². The number of carbonyl (C=O) groups is 1. The zero-order chi connectivity index (χ0) is 15.6. The number of amides is 1. The van der Waals surface area contributed by atoms with E-state index in [1.807, 2.05) is 22.6 Å². The molecule has 0 saturated heterocycles. The fourth-order valence-corrected chi connectivity index (χ4v) is 2.53. The van der Waals surface area contributed by atoms with Crippen LogP contribution in [0.2, 0.25) is 0 Å². The van der Waals surface area contributed by atoms with Gasteiger partial charge in [-0.25, -0.2) is 4.39 Å². The number of hydrogen-bond acceptors (Lipinski definition) is 3. The molecule has 0 atom stereocenters. The molecule has 0 aliphatic rings. The highest BCUT2D eigenvalue weighted by molar-refractivity contribution is 14.1. The number of nitro benzene ring substituents is 1. The van der Waals surface area contributed by atoms with E-state index in [-0.39, 0.29) is 16.9 Å². The largest absolute Gasteiger partial charge is 0.319 e. The molecule has 108 valence electrons. The molecule has 0 radical (unpaired) electrons. The summed E-state index contributed by atoms with van der Waals surface area (Å²) in [7, 11) is 0. The lowest BCUT2D eigenvalue weighted by atomic mass is 10.2. The molecule has 1 N–H and O–H groups in total. The molecule has 1 amide bonds. The summed E-state index contributed by atoms with van der Waals surface area (Å²) in [5.41, 5.74) is -0.0869. The Morgan fingerprint density at radius 1 is 1.29 bits per heavy atom. The first-order chi connectivity index (χ1) is 9.88. The smallest absolute Gasteiger partial charge is 0.270 e. The third kappa shape index (κ3) is 3.76. The Bertz CT molecular complexity index is 739. The molecular formula is C13H7BrFIN2O3. The second kappa shape index (κ2) is 6.48. The van der Waals surface area contributed by atoms with E-state index < -0.39 is 16.6 Å². The van der Waals surface area contributed by atoms with Gasteiger partial charge < -0.3 is 5.32 Å². The van der Waals surface area contributed by atoms with Crippen LogP contribution < -0.4 is 5.32 Å². The van der Waals surface area contributed by atoms with Crippen molar-refractivity contribution in [1.29, 1.82) is 0 Å². The van der Waals surface area contributed by atoms with Crippen LogP contribution in [-0.4, -0.2) is 10.8 Å². The van der Waals surface area contributed by atoms with Gasteiger partial charge in [0.15, 0.2) is 0 Å². The predicted molar refractivity (Wildman–Crippen MR) is 87.9 cm³/mol. The third-order valence-corrected chi connectivity index (χ3v) is 4.02. The molecule has 0 bridgehead atoms. The van der Waals surface area contributed by atoms with E-state index in [1.54, 1.807) is 0 Å². The molecule has 2 rings (SSSR count). The molecule has 0 saturated carbocycles. The highest BCUT2D eigenvalue weighted by Crippen LogP contribution is 2.23. The summed E-state index contributed by atoms with van der Waals surface area (Å²) in [6.45, 7) is 0. The van der Waals surface area contributed by atoms with Gasteiger partial charge in [-0.2, -0.15) is 0 Å². The van der Waals surface area contributed by atoms with Crippen LogP contribution in [-0.2, 0) is 0 Å². The lowest BCUT2D eigenvalue weighted by Crippen LogP contribution is -2.14. The van der Waals surface area contributed by atoms with E-state index in [0.717, 1.165) is 6.07 Å². The van der Waals surface area contributed by atoms with Crippen molar-refractivity contribution >= 4 is 55.8 Å². The topological polar surface area (TPSA) is 72.2 Å². The predicted octanol–water partition coefficient (Wildman–Crippen LogP) is 4.35. The Labute approximate surface area is 141 Å². The van der Waals surface area contributed by atoms with Crippen LogP contribution in [0.5, 0.6) is 0 Å². The first-order valence-corrected chi connectivity index (χ1v) is 7.46. The van der Waals surface area contributed by atoms with Crippen LogP contribution in [0.15, 0.2) is 40.9 Å². The van der Waals surface area contributed by atoms with Crippen molar-refractivity contribution in [3.05, 3.63) is 65.9 Å². The van der Waals surface area contributed by atoms with Gasteiger partial charge >= 0.3 is 0 Å². The van der Waals surface area contributed by atoms with Crippen molar-refractivity contribution < 1.29 is 14.1 Å². The van der Waals surface area contributed by atoms with Crippen LogP contribution in [0.1, 0.15) is 10.4 Å². The number of nitro groups is 1. The lowest BCUT2D eigenvalue weighted by Gasteiger charge is -2.08. The Morgan fingerprint density at radius 3 is 2.67 bits per heavy atom. The van der Waals surface area contributed by atoms with Crippen molar-refractivity contribution in [2.75, 3.05) is 5.32 Å². The Morgan fingerprint density at radius 2 is 2.00 bits per heavy atom. The lowest BCUT2D eigenvalue weighted by molar-refractivity contribution is -0.384. The fraction of sp³-hybridized carbons (Fsp3) is 0. The highest BCUT2D eigenvalue weighted by Gasteiger charge is 2.17. The summed E-state index contributed by atoms with van der Waals surface area (Å²) in [4.78, 5) is 22.3.